The lowest BCUT2D eigenvalue weighted by Gasteiger charge is -2.24. The molecule has 14 heavy (non-hydrogen) atoms. The molecular formula is C12H23NO. The van der Waals surface area contributed by atoms with Gasteiger partial charge < -0.3 is 10.1 Å². The van der Waals surface area contributed by atoms with Crippen molar-refractivity contribution >= 4 is 0 Å². The van der Waals surface area contributed by atoms with Gasteiger partial charge in [-0.15, -0.1) is 6.58 Å². The van der Waals surface area contributed by atoms with Gasteiger partial charge in [0, 0.05) is 12.6 Å². The molecule has 0 bridgehead atoms. The Morgan fingerprint density at radius 3 is 2.93 bits per heavy atom. The van der Waals surface area contributed by atoms with Crippen LogP contribution in [0, 0.1) is 0 Å². The predicted molar refractivity (Wildman–Crippen MR) is 60.5 cm³/mol. The summed E-state index contributed by atoms with van der Waals surface area (Å²) in [7, 11) is 0. The number of hydrogen-bond donors (Lipinski definition) is 1. The van der Waals surface area contributed by atoms with E-state index in [9.17, 15) is 0 Å². The van der Waals surface area contributed by atoms with Crippen molar-refractivity contribution in [3.63, 3.8) is 0 Å². The zero-order valence-corrected chi connectivity index (χ0v) is 9.51. The standard InChI is InChI=1S/C12H23NO/c1-4-7-13-11(9-10(2)3)12-6-5-8-14-12/h11-13H,2,4-9H2,1,3H3. The summed E-state index contributed by atoms with van der Waals surface area (Å²) >= 11 is 0. The second-order valence-corrected chi connectivity index (χ2v) is 4.27. The van der Waals surface area contributed by atoms with Crippen LogP contribution in [0.15, 0.2) is 12.2 Å². The summed E-state index contributed by atoms with van der Waals surface area (Å²) < 4.78 is 5.71. The second-order valence-electron chi connectivity index (χ2n) is 4.27. The molecule has 1 aliphatic heterocycles. The van der Waals surface area contributed by atoms with Crippen LogP contribution >= 0.6 is 0 Å². The van der Waals surface area contributed by atoms with Crippen LogP contribution in [0.4, 0.5) is 0 Å². The van der Waals surface area contributed by atoms with Crippen LogP contribution in [-0.2, 0) is 4.74 Å². The van der Waals surface area contributed by atoms with Crippen LogP contribution in [0.1, 0.15) is 39.5 Å². The van der Waals surface area contributed by atoms with Gasteiger partial charge >= 0.3 is 0 Å². The van der Waals surface area contributed by atoms with Crippen molar-refractivity contribution in [2.45, 2.75) is 51.7 Å². The molecule has 0 radical (unpaired) electrons. The average Bonchev–Trinajstić information content (AvgIpc) is 2.64. The summed E-state index contributed by atoms with van der Waals surface area (Å²) in [5.74, 6) is 0. The lowest BCUT2D eigenvalue weighted by Crippen LogP contribution is -2.40. The Bertz CT molecular complexity index is 173. The molecule has 0 aromatic heterocycles. The number of ether oxygens (including phenoxy) is 1. The summed E-state index contributed by atoms with van der Waals surface area (Å²) in [5, 5.41) is 3.56. The molecule has 0 amide bonds. The van der Waals surface area contributed by atoms with Gasteiger partial charge in [0.05, 0.1) is 6.10 Å². The topological polar surface area (TPSA) is 21.3 Å². The van der Waals surface area contributed by atoms with Crippen molar-refractivity contribution in [3.8, 4) is 0 Å². The maximum absolute atomic E-state index is 5.71. The normalized spacial score (nSPS) is 23.7. The van der Waals surface area contributed by atoms with Crippen LogP contribution < -0.4 is 5.32 Å². The minimum atomic E-state index is 0.415. The van der Waals surface area contributed by atoms with E-state index in [0.717, 1.165) is 19.6 Å². The maximum Gasteiger partial charge on any atom is 0.0732 e. The highest BCUT2D eigenvalue weighted by molar-refractivity contribution is 4.96. The summed E-state index contributed by atoms with van der Waals surface area (Å²) in [6.45, 7) is 10.3. The van der Waals surface area contributed by atoms with Crippen LogP contribution in [0.5, 0.6) is 0 Å². The van der Waals surface area contributed by atoms with E-state index in [1.807, 2.05) is 0 Å². The summed E-state index contributed by atoms with van der Waals surface area (Å²) in [6.07, 6.45) is 5.06. The lowest BCUT2D eigenvalue weighted by molar-refractivity contribution is 0.0784. The highest BCUT2D eigenvalue weighted by atomic mass is 16.5. The molecule has 2 atom stereocenters. The Labute approximate surface area is 87.7 Å². The molecule has 1 fully saturated rings. The molecule has 0 aliphatic carbocycles. The van der Waals surface area contributed by atoms with E-state index in [0.29, 0.717) is 12.1 Å². The second kappa shape index (κ2) is 6.20. The van der Waals surface area contributed by atoms with E-state index in [-0.39, 0.29) is 0 Å². The Morgan fingerprint density at radius 1 is 1.64 bits per heavy atom. The Morgan fingerprint density at radius 2 is 2.43 bits per heavy atom. The first-order chi connectivity index (χ1) is 6.74. The first kappa shape index (κ1) is 11.7. The third-order valence-electron chi connectivity index (χ3n) is 2.64. The zero-order chi connectivity index (χ0) is 10.4. The smallest absolute Gasteiger partial charge is 0.0732 e. The van der Waals surface area contributed by atoms with E-state index in [4.69, 9.17) is 4.74 Å². The van der Waals surface area contributed by atoms with Crippen molar-refractivity contribution < 1.29 is 4.74 Å². The van der Waals surface area contributed by atoms with Crippen molar-refractivity contribution in [3.05, 3.63) is 12.2 Å². The van der Waals surface area contributed by atoms with Crippen molar-refractivity contribution in [2.75, 3.05) is 13.2 Å². The number of hydrogen-bond acceptors (Lipinski definition) is 2. The molecule has 1 rings (SSSR count). The maximum atomic E-state index is 5.71. The lowest BCUT2D eigenvalue weighted by atomic mass is 10.0. The van der Waals surface area contributed by atoms with Gasteiger partial charge in [0.2, 0.25) is 0 Å². The fourth-order valence-electron chi connectivity index (χ4n) is 1.96. The molecule has 0 aromatic rings. The number of rotatable bonds is 6. The SMILES string of the molecule is C=C(C)CC(NCCC)C1CCCO1. The van der Waals surface area contributed by atoms with E-state index in [2.05, 4.69) is 25.7 Å². The van der Waals surface area contributed by atoms with Gasteiger partial charge in [-0.05, 0) is 39.2 Å². The van der Waals surface area contributed by atoms with Gasteiger partial charge in [0.1, 0.15) is 0 Å². The largest absolute Gasteiger partial charge is 0.377 e. The van der Waals surface area contributed by atoms with Crippen LogP contribution in [-0.4, -0.2) is 25.3 Å². The fraction of sp³-hybridized carbons (Fsp3) is 0.833. The molecule has 0 saturated carbocycles. The van der Waals surface area contributed by atoms with Gasteiger partial charge in [-0.1, -0.05) is 12.5 Å². The highest BCUT2D eigenvalue weighted by Gasteiger charge is 2.24. The summed E-state index contributed by atoms with van der Waals surface area (Å²) in [4.78, 5) is 0. The minimum Gasteiger partial charge on any atom is -0.377 e. The predicted octanol–water partition coefficient (Wildman–Crippen LogP) is 2.50. The van der Waals surface area contributed by atoms with Crippen molar-refractivity contribution in [1.82, 2.24) is 5.32 Å². The van der Waals surface area contributed by atoms with Gasteiger partial charge in [0.15, 0.2) is 0 Å². The van der Waals surface area contributed by atoms with Crippen LogP contribution in [0.2, 0.25) is 0 Å². The monoisotopic (exact) mass is 197 g/mol. The van der Waals surface area contributed by atoms with Crippen LogP contribution in [0.25, 0.3) is 0 Å². The molecule has 1 saturated heterocycles. The van der Waals surface area contributed by atoms with Crippen molar-refractivity contribution in [2.24, 2.45) is 0 Å². The molecule has 0 spiro atoms. The van der Waals surface area contributed by atoms with Gasteiger partial charge in [-0.25, -0.2) is 0 Å². The fourth-order valence-corrected chi connectivity index (χ4v) is 1.96. The first-order valence-electron chi connectivity index (χ1n) is 5.73. The van der Waals surface area contributed by atoms with E-state index in [1.54, 1.807) is 0 Å². The summed E-state index contributed by atoms with van der Waals surface area (Å²) in [5.41, 5.74) is 1.24. The van der Waals surface area contributed by atoms with Gasteiger partial charge in [-0.3, -0.25) is 0 Å². The van der Waals surface area contributed by atoms with E-state index < -0.39 is 0 Å². The Kier molecular flexibility index (Phi) is 5.20. The quantitative estimate of drug-likeness (QED) is 0.661. The summed E-state index contributed by atoms with van der Waals surface area (Å²) in [6, 6.07) is 0.481. The van der Waals surface area contributed by atoms with Crippen LogP contribution in [0.3, 0.4) is 0 Å². The van der Waals surface area contributed by atoms with E-state index >= 15 is 0 Å². The van der Waals surface area contributed by atoms with Gasteiger partial charge in [0.25, 0.3) is 0 Å². The van der Waals surface area contributed by atoms with Crippen molar-refractivity contribution in [1.29, 1.82) is 0 Å². The third-order valence-corrected chi connectivity index (χ3v) is 2.64. The molecule has 1 heterocycles. The average molecular weight is 197 g/mol. The molecule has 1 aliphatic rings. The zero-order valence-electron chi connectivity index (χ0n) is 9.51. The molecule has 2 heteroatoms. The molecule has 2 nitrogen and oxygen atoms in total. The molecule has 82 valence electrons. The Balaban J connectivity index is 2.37. The van der Waals surface area contributed by atoms with Gasteiger partial charge in [-0.2, -0.15) is 0 Å². The first-order valence-corrected chi connectivity index (χ1v) is 5.73. The minimum absolute atomic E-state index is 0.415. The highest BCUT2D eigenvalue weighted by Crippen LogP contribution is 2.19. The molecule has 0 aromatic carbocycles. The third kappa shape index (κ3) is 3.81. The van der Waals surface area contributed by atoms with E-state index in [1.165, 1.54) is 24.8 Å². The molecule has 1 N–H and O–H groups in total. The molecule has 2 unspecified atom stereocenters. The number of nitrogens with one attached hydrogen (secondary N) is 1. The molecular weight excluding hydrogens is 174 g/mol. The Hall–Kier alpha value is -0.340.